The highest BCUT2D eigenvalue weighted by molar-refractivity contribution is 9.10. The van der Waals surface area contributed by atoms with Crippen LogP contribution in [0.15, 0.2) is 15.5 Å². The number of rotatable bonds is 5. The van der Waals surface area contributed by atoms with Crippen molar-refractivity contribution in [2.75, 3.05) is 19.0 Å². The fraction of sp³-hybridized carbons (Fsp3) is 0.643. The van der Waals surface area contributed by atoms with E-state index in [4.69, 9.17) is 0 Å². The third-order valence-electron chi connectivity index (χ3n) is 4.09. The molecule has 1 aliphatic carbocycles. The Kier molecular flexibility index (Phi) is 5.39. The molecule has 1 saturated carbocycles. The molecule has 1 N–H and O–H groups in total. The molecule has 6 nitrogen and oxygen atoms in total. The molecule has 0 amide bonds. The van der Waals surface area contributed by atoms with Crippen LogP contribution < -0.4 is 10.9 Å². The van der Waals surface area contributed by atoms with Crippen LogP contribution in [0.3, 0.4) is 0 Å². The zero-order valence-electron chi connectivity index (χ0n) is 12.3. The summed E-state index contributed by atoms with van der Waals surface area (Å²) in [4.78, 5) is 23.3. The topological polar surface area (TPSA) is 73.2 Å². The van der Waals surface area contributed by atoms with Crippen molar-refractivity contribution in [3.05, 3.63) is 21.0 Å². The molecule has 0 radical (unpaired) electrons. The molecule has 1 aromatic rings. The Hall–Kier alpha value is -1.37. The Morgan fingerprint density at radius 1 is 1.57 bits per heavy atom. The summed E-state index contributed by atoms with van der Waals surface area (Å²) in [5.41, 5.74) is 0.324. The van der Waals surface area contributed by atoms with Gasteiger partial charge in [0.05, 0.1) is 19.0 Å². The molecule has 0 saturated heterocycles. The lowest BCUT2D eigenvalue weighted by Gasteiger charge is -2.17. The summed E-state index contributed by atoms with van der Waals surface area (Å²) in [7, 11) is 1.28. The van der Waals surface area contributed by atoms with Gasteiger partial charge in [-0.05, 0) is 34.2 Å². The maximum absolute atomic E-state index is 12.1. The van der Waals surface area contributed by atoms with Crippen LogP contribution in [-0.4, -0.2) is 29.4 Å². The van der Waals surface area contributed by atoms with E-state index in [1.165, 1.54) is 26.4 Å². The van der Waals surface area contributed by atoms with Gasteiger partial charge in [0.2, 0.25) is 0 Å². The number of halogens is 1. The molecule has 2 unspecified atom stereocenters. The van der Waals surface area contributed by atoms with Crippen LogP contribution >= 0.6 is 15.9 Å². The van der Waals surface area contributed by atoms with Crippen molar-refractivity contribution in [2.45, 2.75) is 32.7 Å². The number of ether oxygens (including phenoxy) is 1. The van der Waals surface area contributed by atoms with Crippen molar-refractivity contribution in [2.24, 2.45) is 11.8 Å². The number of anilines is 1. The molecule has 0 spiro atoms. The third kappa shape index (κ3) is 3.84. The number of carbonyl (C=O) groups excluding carboxylic acids is 1. The van der Waals surface area contributed by atoms with E-state index in [0.29, 0.717) is 22.0 Å². The van der Waals surface area contributed by atoms with E-state index in [2.05, 4.69) is 38.0 Å². The second-order valence-corrected chi connectivity index (χ2v) is 6.25. The molecule has 0 bridgehead atoms. The van der Waals surface area contributed by atoms with Gasteiger partial charge in [-0.25, -0.2) is 4.68 Å². The number of hydrogen-bond acceptors (Lipinski definition) is 5. The first kappa shape index (κ1) is 16.0. The van der Waals surface area contributed by atoms with Crippen LogP contribution in [0.2, 0.25) is 0 Å². The van der Waals surface area contributed by atoms with Gasteiger partial charge >= 0.3 is 5.97 Å². The fourth-order valence-corrected chi connectivity index (χ4v) is 3.10. The monoisotopic (exact) mass is 357 g/mol. The molecular formula is C14H20BrN3O3. The number of hydrogen-bond donors (Lipinski definition) is 1. The van der Waals surface area contributed by atoms with Crippen molar-refractivity contribution in [3.63, 3.8) is 0 Å². The molecule has 2 atom stereocenters. The van der Waals surface area contributed by atoms with E-state index in [1.807, 2.05) is 0 Å². The van der Waals surface area contributed by atoms with Gasteiger partial charge in [0, 0.05) is 6.54 Å². The average molecular weight is 358 g/mol. The lowest BCUT2D eigenvalue weighted by Crippen LogP contribution is -2.29. The van der Waals surface area contributed by atoms with Crippen LogP contribution in [0, 0.1) is 11.8 Å². The van der Waals surface area contributed by atoms with Crippen LogP contribution in [0.4, 0.5) is 5.69 Å². The molecule has 0 aliphatic heterocycles. The van der Waals surface area contributed by atoms with Gasteiger partial charge in [-0.2, -0.15) is 5.10 Å². The number of nitrogens with one attached hydrogen (secondary N) is 1. The minimum Gasteiger partial charge on any atom is -0.468 e. The predicted octanol–water partition coefficient (Wildman–Crippen LogP) is 2.03. The Labute approximate surface area is 132 Å². The van der Waals surface area contributed by atoms with Gasteiger partial charge in [0.1, 0.15) is 11.0 Å². The van der Waals surface area contributed by atoms with Crippen LogP contribution in [0.25, 0.3) is 0 Å². The maximum atomic E-state index is 12.1. The Morgan fingerprint density at radius 2 is 2.33 bits per heavy atom. The first-order valence-corrected chi connectivity index (χ1v) is 7.88. The molecule has 1 heterocycles. The summed E-state index contributed by atoms with van der Waals surface area (Å²) >= 11 is 3.28. The molecule has 0 aromatic carbocycles. The van der Waals surface area contributed by atoms with E-state index >= 15 is 0 Å². The minimum absolute atomic E-state index is 0.187. The Bertz CT molecular complexity index is 573. The SMILES string of the molecule is COC(=O)Cn1ncc(NCC2CCCC2C)c(Br)c1=O. The standard InChI is InChI=1S/C14H20BrN3O3/c1-9-4-3-5-10(9)6-16-11-7-17-18(8-12(19)21-2)14(20)13(11)15/h7,9-10,16H,3-6,8H2,1-2H3. The average Bonchev–Trinajstić information content (AvgIpc) is 2.88. The second kappa shape index (κ2) is 7.06. The molecule has 21 heavy (non-hydrogen) atoms. The highest BCUT2D eigenvalue weighted by Gasteiger charge is 2.23. The van der Waals surface area contributed by atoms with E-state index < -0.39 is 5.97 Å². The van der Waals surface area contributed by atoms with Gasteiger partial charge < -0.3 is 10.1 Å². The first-order valence-electron chi connectivity index (χ1n) is 7.09. The van der Waals surface area contributed by atoms with Crippen molar-refractivity contribution in [1.82, 2.24) is 9.78 Å². The summed E-state index contributed by atoms with van der Waals surface area (Å²) in [6.07, 6.45) is 5.33. The largest absolute Gasteiger partial charge is 0.468 e. The van der Waals surface area contributed by atoms with Crippen molar-refractivity contribution < 1.29 is 9.53 Å². The smallest absolute Gasteiger partial charge is 0.327 e. The number of carbonyl (C=O) groups is 1. The highest BCUT2D eigenvalue weighted by Crippen LogP contribution is 2.31. The normalized spacial score (nSPS) is 21.3. The Morgan fingerprint density at radius 3 is 2.95 bits per heavy atom. The number of methoxy groups -OCH3 is 1. The number of aromatic nitrogens is 2. The lowest BCUT2D eigenvalue weighted by atomic mass is 9.98. The minimum atomic E-state index is -0.503. The number of nitrogens with zero attached hydrogens (tertiary/aromatic N) is 2. The zero-order valence-corrected chi connectivity index (χ0v) is 13.9. The molecule has 2 rings (SSSR count). The van der Waals surface area contributed by atoms with Crippen molar-refractivity contribution >= 4 is 27.6 Å². The summed E-state index contributed by atoms with van der Waals surface area (Å²) in [6.45, 7) is 2.91. The molecule has 1 fully saturated rings. The van der Waals surface area contributed by atoms with Crippen LogP contribution in [0.5, 0.6) is 0 Å². The molecular weight excluding hydrogens is 338 g/mol. The fourth-order valence-electron chi connectivity index (χ4n) is 2.65. The summed E-state index contributed by atoms with van der Waals surface area (Å²) in [5.74, 6) is 0.843. The van der Waals surface area contributed by atoms with Crippen LogP contribution in [0.1, 0.15) is 26.2 Å². The van der Waals surface area contributed by atoms with Gasteiger partial charge in [-0.3, -0.25) is 9.59 Å². The molecule has 7 heteroatoms. The summed E-state index contributed by atoms with van der Waals surface area (Å²) in [5, 5.41) is 7.28. The van der Waals surface area contributed by atoms with E-state index in [0.717, 1.165) is 11.2 Å². The lowest BCUT2D eigenvalue weighted by molar-refractivity contribution is -0.141. The first-order chi connectivity index (χ1) is 10.0. The zero-order chi connectivity index (χ0) is 15.4. The predicted molar refractivity (Wildman–Crippen MR) is 83.2 cm³/mol. The van der Waals surface area contributed by atoms with Crippen molar-refractivity contribution in [3.8, 4) is 0 Å². The quantitative estimate of drug-likeness (QED) is 0.816. The maximum Gasteiger partial charge on any atom is 0.327 e. The van der Waals surface area contributed by atoms with E-state index in [1.54, 1.807) is 6.20 Å². The van der Waals surface area contributed by atoms with E-state index in [9.17, 15) is 9.59 Å². The number of esters is 1. The van der Waals surface area contributed by atoms with Gasteiger partial charge in [0.15, 0.2) is 0 Å². The Balaban J connectivity index is 2.06. The highest BCUT2D eigenvalue weighted by atomic mass is 79.9. The van der Waals surface area contributed by atoms with Gasteiger partial charge in [-0.1, -0.05) is 19.8 Å². The van der Waals surface area contributed by atoms with E-state index in [-0.39, 0.29) is 12.1 Å². The molecule has 116 valence electrons. The summed E-state index contributed by atoms with van der Waals surface area (Å²) in [6, 6.07) is 0. The van der Waals surface area contributed by atoms with Crippen LogP contribution in [-0.2, 0) is 16.1 Å². The summed E-state index contributed by atoms with van der Waals surface area (Å²) < 4.78 is 6.01. The molecule has 1 aliphatic rings. The van der Waals surface area contributed by atoms with Crippen molar-refractivity contribution in [1.29, 1.82) is 0 Å². The third-order valence-corrected chi connectivity index (χ3v) is 4.85. The van der Waals surface area contributed by atoms with Gasteiger partial charge in [-0.15, -0.1) is 0 Å². The van der Waals surface area contributed by atoms with Gasteiger partial charge in [0.25, 0.3) is 5.56 Å². The second-order valence-electron chi connectivity index (χ2n) is 5.46. The molecule has 1 aromatic heterocycles.